The lowest BCUT2D eigenvalue weighted by Crippen LogP contribution is -1.76. The van der Waals surface area contributed by atoms with Gasteiger partial charge in [-0.2, -0.15) is 0 Å². The second-order valence-electron chi connectivity index (χ2n) is 1.87. The molecule has 0 atom stereocenters. The summed E-state index contributed by atoms with van der Waals surface area (Å²) in [7, 11) is -0.750. The maximum atomic E-state index is 12.5. The zero-order valence-electron chi connectivity index (χ0n) is 6.57. The van der Waals surface area contributed by atoms with E-state index in [0.29, 0.717) is 5.56 Å². The van der Waals surface area contributed by atoms with Gasteiger partial charge in [-0.1, -0.05) is 30.9 Å². The minimum absolute atomic E-state index is 0.215. The van der Waals surface area contributed by atoms with Gasteiger partial charge < -0.3 is 10.0 Å². The lowest BCUT2D eigenvalue weighted by Gasteiger charge is -1.91. The summed E-state index contributed by atoms with van der Waals surface area (Å²) in [6.07, 6.45) is 1.50. The van der Waals surface area contributed by atoms with Gasteiger partial charge >= 0.3 is 7.69 Å². The third-order valence-electron chi connectivity index (χ3n) is 1.13. The Morgan fingerprint density at radius 1 is 1.33 bits per heavy atom. The summed E-state index contributed by atoms with van der Waals surface area (Å²) >= 11 is 0. The van der Waals surface area contributed by atoms with Crippen molar-refractivity contribution in [3.8, 4) is 0 Å². The minimum atomic E-state index is -0.750. The van der Waals surface area contributed by atoms with Crippen molar-refractivity contribution in [2.24, 2.45) is 0 Å². The van der Waals surface area contributed by atoms with Crippen molar-refractivity contribution in [3.63, 3.8) is 0 Å². The van der Waals surface area contributed by atoms with Gasteiger partial charge in [0.2, 0.25) is 0 Å². The molecule has 64 valence electrons. The first-order chi connectivity index (χ1) is 5.76. The fourth-order valence-electron chi connectivity index (χ4n) is 0.641. The van der Waals surface area contributed by atoms with Gasteiger partial charge in [-0.15, -0.1) is 0 Å². The molecule has 0 radical (unpaired) electrons. The van der Waals surface area contributed by atoms with Gasteiger partial charge in [0.05, 0.1) is 0 Å². The van der Waals surface area contributed by atoms with Gasteiger partial charge in [0.25, 0.3) is 0 Å². The van der Waals surface area contributed by atoms with Gasteiger partial charge in [-0.3, -0.25) is 0 Å². The summed E-state index contributed by atoms with van der Waals surface area (Å²) in [6.45, 7) is 3.45. The van der Waals surface area contributed by atoms with Crippen molar-refractivity contribution < 1.29 is 14.4 Å². The molecule has 1 aromatic carbocycles. The zero-order chi connectivity index (χ0) is 9.40. The smallest absolute Gasteiger partial charge is 0.430 e. The molecule has 0 aliphatic carbocycles. The Morgan fingerprint density at radius 2 is 1.83 bits per heavy atom. The van der Waals surface area contributed by atoms with Crippen LogP contribution in [0.1, 0.15) is 5.56 Å². The molecule has 0 spiro atoms. The maximum Gasteiger partial charge on any atom is 0.432 e. The van der Waals surface area contributed by atoms with E-state index in [9.17, 15) is 4.39 Å². The molecular formula is C8H10BFO2. The molecule has 0 heterocycles. The SMILES string of the molecule is C=Cc1ccccc1F.OBO. The summed E-state index contributed by atoms with van der Waals surface area (Å²) in [4.78, 5) is 0. The summed E-state index contributed by atoms with van der Waals surface area (Å²) in [5, 5.41) is 14.2. The molecule has 0 bridgehead atoms. The summed E-state index contributed by atoms with van der Waals surface area (Å²) < 4.78 is 12.5. The van der Waals surface area contributed by atoms with Crippen molar-refractivity contribution in [1.82, 2.24) is 0 Å². The molecule has 1 aromatic rings. The van der Waals surface area contributed by atoms with Crippen LogP contribution in [0.15, 0.2) is 30.8 Å². The summed E-state index contributed by atoms with van der Waals surface area (Å²) in [5.74, 6) is -0.215. The van der Waals surface area contributed by atoms with E-state index in [2.05, 4.69) is 6.58 Å². The number of rotatable bonds is 1. The van der Waals surface area contributed by atoms with Crippen molar-refractivity contribution >= 4 is 13.8 Å². The molecule has 2 nitrogen and oxygen atoms in total. The van der Waals surface area contributed by atoms with Crippen molar-refractivity contribution in [2.75, 3.05) is 0 Å². The van der Waals surface area contributed by atoms with Crippen LogP contribution in [0.2, 0.25) is 0 Å². The predicted octanol–water partition coefficient (Wildman–Crippen LogP) is 0.706. The normalized spacial score (nSPS) is 7.92. The quantitative estimate of drug-likeness (QED) is 0.606. The van der Waals surface area contributed by atoms with Crippen LogP contribution in [0.4, 0.5) is 4.39 Å². The van der Waals surface area contributed by atoms with Crippen molar-refractivity contribution in [2.45, 2.75) is 0 Å². The molecule has 12 heavy (non-hydrogen) atoms. The molecule has 0 amide bonds. The molecule has 0 aliphatic rings. The van der Waals surface area contributed by atoms with E-state index in [0.717, 1.165) is 0 Å². The van der Waals surface area contributed by atoms with Crippen molar-refractivity contribution in [3.05, 3.63) is 42.2 Å². The summed E-state index contributed by atoms with van der Waals surface area (Å²) in [5.41, 5.74) is 0.553. The Balaban J connectivity index is 0.000000354. The molecule has 0 saturated carbocycles. The van der Waals surface area contributed by atoms with Crippen LogP contribution in [0.25, 0.3) is 6.08 Å². The number of hydrogen-bond acceptors (Lipinski definition) is 2. The number of halogens is 1. The summed E-state index contributed by atoms with van der Waals surface area (Å²) in [6, 6.07) is 6.53. The van der Waals surface area contributed by atoms with E-state index in [4.69, 9.17) is 10.0 Å². The van der Waals surface area contributed by atoms with Crippen LogP contribution in [0.3, 0.4) is 0 Å². The Hall–Kier alpha value is -1.13. The van der Waals surface area contributed by atoms with Gasteiger partial charge in [-0.05, 0) is 6.07 Å². The number of benzene rings is 1. The van der Waals surface area contributed by atoms with Crippen molar-refractivity contribution in [1.29, 1.82) is 0 Å². The second kappa shape index (κ2) is 6.58. The molecule has 0 unspecified atom stereocenters. The predicted molar refractivity (Wildman–Crippen MR) is 48.1 cm³/mol. The standard InChI is InChI=1S/C8H7F.BH3O2/c1-2-7-5-3-4-6-8(7)9;2-1-3/h2-6H,1H2;1-3H. The molecule has 2 N–H and O–H groups in total. The molecule has 0 fully saturated rings. The first-order valence-electron chi connectivity index (χ1n) is 3.35. The van der Waals surface area contributed by atoms with Gasteiger partial charge in [0.1, 0.15) is 5.82 Å². The van der Waals surface area contributed by atoms with E-state index < -0.39 is 7.69 Å². The molecule has 0 saturated heterocycles. The average Bonchev–Trinajstić information content (AvgIpc) is 2.07. The highest BCUT2D eigenvalue weighted by Crippen LogP contribution is 2.05. The van der Waals surface area contributed by atoms with E-state index in [1.165, 1.54) is 12.1 Å². The third kappa shape index (κ3) is 3.90. The van der Waals surface area contributed by atoms with Gasteiger partial charge in [-0.25, -0.2) is 4.39 Å². The largest absolute Gasteiger partial charge is 0.432 e. The number of hydrogen-bond donors (Lipinski definition) is 2. The maximum absolute atomic E-state index is 12.5. The van der Waals surface area contributed by atoms with Gasteiger partial charge in [0.15, 0.2) is 0 Å². The highest BCUT2D eigenvalue weighted by molar-refractivity contribution is 6.13. The molecule has 0 aromatic heterocycles. The molecule has 0 aliphatic heterocycles. The lowest BCUT2D eigenvalue weighted by molar-refractivity contribution is 0.448. The van der Waals surface area contributed by atoms with E-state index in [1.807, 2.05) is 0 Å². The Morgan fingerprint density at radius 3 is 2.17 bits per heavy atom. The third-order valence-corrected chi connectivity index (χ3v) is 1.13. The fraction of sp³-hybridized carbons (Fsp3) is 0. The topological polar surface area (TPSA) is 40.5 Å². The molecular weight excluding hydrogens is 158 g/mol. The lowest BCUT2D eigenvalue weighted by atomic mass is 10.2. The van der Waals surface area contributed by atoms with Crippen LogP contribution in [0.5, 0.6) is 0 Å². The molecule has 1 rings (SSSR count). The Kier molecular flexibility index (Phi) is 5.96. The Labute approximate surface area is 71.3 Å². The second-order valence-corrected chi connectivity index (χ2v) is 1.87. The van der Waals surface area contributed by atoms with E-state index in [1.54, 1.807) is 18.2 Å². The minimum Gasteiger partial charge on any atom is -0.430 e. The van der Waals surface area contributed by atoms with Gasteiger partial charge in [0, 0.05) is 5.56 Å². The van der Waals surface area contributed by atoms with Crippen LogP contribution in [0, 0.1) is 5.82 Å². The van der Waals surface area contributed by atoms with Crippen LogP contribution >= 0.6 is 0 Å². The van der Waals surface area contributed by atoms with Crippen LogP contribution in [-0.2, 0) is 0 Å². The first kappa shape index (κ1) is 10.9. The Bertz CT molecular complexity index is 240. The highest BCUT2D eigenvalue weighted by atomic mass is 19.1. The monoisotopic (exact) mass is 168 g/mol. The average molecular weight is 168 g/mol. The van der Waals surface area contributed by atoms with E-state index in [-0.39, 0.29) is 5.82 Å². The molecule has 4 heteroatoms. The van der Waals surface area contributed by atoms with Crippen LogP contribution < -0.4 is 0 Å². The highest BCUT2D eigenvalue weighted by Gasteiger charge is 1.91. The zero-order valence-corrected chi connectivity index (χ0v) is 6.57. The van der Waals surface area contributed by atoms with E-state index >= 15 is 0 Å². The first-order valence-corrected chi connectivity index (χ1v) is 3.35. The fourth-order valence-corrected chi connectivity index (χ4v) is 0.641. The van der Waals surface area contributed by atoms with Crippen LogP contribution in [-0.4, -0.2) is 17.7 Å².